The van der Waals surface area contributed by atoms with E-state index in [2.05, 4.69) is 36.2 Å². The fourth-order valence-corrected chi connectivity index (χ4v) is 2.88. The molecule has 0 saturated carbocycles. The lowest BCUT2D eigenvalue weighted by Gasteiger charge is -2.49. The van der Waals surface area contributed by atoms with Crippen LogP contribution in [-0.2, 0) is 0 Å². The van der Waals surface area contributed by atoms with Crippen LogP contribution in [0, 0.1) is 0 Å². The highest BCUT2D eigenvalue weighted by atomic mass is 35.5. The van der Waals surface area contributed by atoms with Gasteiger partial charge in [-0.1, -0.05) is 11.6 Å². The van der Waals surface area contributed by atoms with E-state index in [1.807, 2.05) is 12.1 Å². The molecule has 1 saturated heterocycles. The van der Waals surface area contributed by atoms with Gasteiger partial charge in [-0.2, -0.15) is 0 Å². The fraction of sp³-hybridized carbons (Fsp3) is 0.571. The highest BCUT2D eigenvalue weighted by Crippen LogP contribution is 2.30. The van der Waals surface area contributed by atoms with Crippen LogP contribution in [-0.4, -0.2) is 36.4 Å². The third-order valence-corrected chi connectivity index (χ3v) is 3.77. The number of anilines is 1. The number of rotatable bonds is 3. The minimum atomic E-state index is 0.0336. The summed E-state index contributed by atoms with van der Waals surface area (Å²) in [6, 6.07) is 8.27. The Morgan fingerprint density at radius 3 is 2.67 bits per heavy atom. The highest BCUT2D eigenvalue weighted by molar-refractivity contribution is 6.30. The Hall–Kier alpha value is -0.770. The van der Waals surface area contributed by atoms with Gasteiger partial charge in [0.1, 0.15) is 0 Å². The van der Waals surface area contributed by atoms with Gasteiger partial charge in [0.05, 0.1) is 0 Å². The third-order valence-electron chi connectivity index (χ3n) is 3.52. The van der Waals surface area contributed by atoms with E-state index >= 15 is 0 Å². The molecule has 0 radical (unpaired) electrons. The molecule has 4 heteroatoms. The van der Waals surface area contributed by atoms with Gasteiger partial charge < -0.3 is 15.3 Å². The summed E-state index contributed by atoms with van der Waals surface area (Å²) in [7, 11) is 0. The Bertz CT molecular complexity index is 389. The van der Waals surface area contributed by atoms with Crippen molar-refractivity contribution in [3.63, 3.8) is 0 Å². The zero-order chi connectivity index (χ0) is 13.2. The molecule has 1 aromatic carbocycles. The molecule has 1 aliphatic rings. The maximum atomic E-state index is 9.22. The third kappa shape index (κ3) is 2.79. The van der Waals surface area contributed by atoms with Gasteiger partial charge in [0.15, 0.2) is 0 Å². The molecule has 18 heavy (non-hydrogen) atoms. The van der Waals surface area contributed by atoms with E-state index in [-0.39, 0.29) is 12.1 Å². The summed E-state index contributed by atoms with van der Waals surface area (Å²) in [6.07, 6.45) is 0.777. The molecule has 0 spiro atoms. The van der Waals surface area contributed by atoms with Crippen LogP contribution in [0.15, 0.2) is 24.3 Å². The SMILES string of the molecule is CC1(C)CNCC(CCO)N1c1ccc(Cl)cc1. The Labute approximate surface area is 114 Å². The molecule has 2 rings (SSSR count). The van der Waals surface area contributed by atoms with Crippen molar-refractivity contribution in [3.8, 4) is 0 Å². The zero-order valence-electron chi connectivity index (χ0n) is 11.0. The molecule has 1 unspecified atom stereocenters. The summed E-state index contributed by atoms with van der Waals surface area (Å²) >= 11 is 5.95. The lowest BCUT2D eigenvalue weighted by molar-refractivity contribution is 0.241. The van der Waals surface area contributed by atoms with Gasteiger partial charge in [0.2, 0.25) is 0 Å². The van der Waals surface area contributed by atoms with Crippen LogP contribution in [0.4, 0.5) is 5.69 Å². The Kier molecular flexibility index (Phi) is 4.15. The van der Waals surface area contributed by atoms with Gasteiger partial charge in [-0.15, -0.1) is 0 Å². The van der Waals surface area contributed by atoms with Crippen LogP contribution in [0.5, 0.6) is 0 Å². The molecule has 1 fully saturated rings. The van der Waals surface area contributed by atoms with Crippen LogP contribution in [0.2, 0.25) is 5.02 Å². The maximum absolute atomic E-state index is 9.22. The van der Waals surface area contributed by atoms with E-state index in [4.69, 9.17) is 11.6 Å². The first-order chi connectivity index (χ1) is 8.54. The number of halogens is 1. The number of hydrogen-bond donors (Lipinski definition) is 2. The topological polar surface area (TPSA) is 35.5 Å². The number of benzene rings is 1. The second-order valence-corrected chi connectivity index (χ2v) is 5.89. The monoisotopic (exact) mass is 268 g/mol. The van der Waals surface area contributed by atoms with E-state index in [9.17, 15) is 5.11 Å². The molecule has 3 nitrogen and oxygen atoms in total. The van der Waals surface area contributed by atoms with Crippen molar-refractivity contribution in [1.82, 2.24) is 5.32 Å². The van der Waals surface area contributed by atoms with Gasteiger partial charge >= 0.3 is 0 Å². The van der Waals surface area contributed by atoms with Crippen molar-refractivity contribution in [2.45, 2.75) is 31.8 Å². The molecule has 1 heterocycles. The standard InChI is InChI=1S/C14H21ClN2O/c1-14(2)10-16-9-13(7-8-18)17(14)12-5-3-11(15)4-6-12/h3-6,13,16,18H,7-10H2,1-2H3. The van der Waals surface area contributed by atoms with Crippen molar-refractivity contribution in [2.24, 2.45) is 0 Å². The van der Waals surface area contributed by atoms with Crippen LogP contribution in [0.3, 0.4) is 0 Å². The number of nitrogens with zero attached hydrogens (tertiary/aromatic N) is 1. The smallest absolute Gasteiger partial charge is 0.0473 e. The normalized spacial score (nSPS) is 23.1. The average Bonchev–Trinajstić information content (AvgIpc) is 2.31. The number of aliphatic hydroxyl groups is 1. The number of aliphatic hydroxyl groups excluding tert-OH is 1. The van der Waals surface area contributed by atoms with E-state index in [1.165, 1.54) is 5.69 Å². The van der Waals surface area contributed by atoms with Crippen LogP contribution in [0.1, 0.15) is 20.3 Å². The summed E-state index contributed by atoms with van der Waals surface area (Å²) in [6.45, 7) is 6.51. The van der Waals surface area contributed by atoms with Crippen LogP contribution < -0.4 is 10.2 Å². The first-order valence-electron chi connectivity index (χ1n) is 6.41. The van der Waals surface area contributed by atoms with Crippen molar-refractivity contribution >= 4 is 17.3 Å². The van der Waals surface area contributed by atoms with Crippen molar-refractivity contribution in [3.05, 3.63) is 29.3 Å². The van der Waals surface area contributed by atoms with Crippen LogP contribution in [0.25, 0.3) is 0 Å². The number of hydrogen-bond acceptors (Lipinski definition) is 3. The maximum Gasteiger partial charge on any atom is 0.0473 e. The second-order valence-electron chi connectivity index (χ2n) is 5.46. The molecule has 1 aliphatic heterocycles. The fourth-order valence-electron chi connectivity index (χ4n) is 2.76. The van der Waals surface area contributed by atoms with Gasteiger partial charge in [0, 0.05) is 42.0 Å². The minimum Gasteiger partial charge on any atom is -0.396 e. The Morgan fingerprint density at radius 1 is 1.39 bits per heavy atom. The van der Waals surface area contributed by atoms with Gasteiger partial charge in [-0.25, -0.2) is 0 Å². The first kappa shape index (κ1) is 13.7. The predicted octanol–water partition coefficient (Wildman–Crippen LogP) is 2.28. The van der Waals surface area contributed by atoms with Gasteiger partial charge in [0.25, 0.3) is 0 Å². The molecule has 0 amide bonds. The lowest BCUT2D eigenvalue weighted by Crippen LogP contribution is -2.63. The quantitative estimate of drug-likeness (QED) is 0.883. The molecule has 1 aromatic rings. The summed E-state index contributed by atoms with van der Waals surface area (Å²) in [5, 5.41) is 13.4. The molecular formula is C14H21ClN2O. The summed E-state index contributed by atoms with van der Waals surface area (Å²) < 4.78 is 0. The van der Waals surface area contributed by atoms with Crippen molar-refractivity contribution in [1.29, 1.82) is 0 Å². The van der Waals surface area contributed by atoms with E-state index < -0.39 is 0 Å². The molecule has 0 bridgehead atoms. The van der Waals surface area contributed by atoms with Gasteiger partial charge in [-0.3, -0.25) is 0 Å². The molecule has 1 atom stereocenters. The van der Waals surface area contributed by atoms with Crippen LogP contribution >= 0.6 is 11.6 Å². The number of piperazine rings is 1. The molecule has 100 valence electrons. The largest absolute Gasteiger partial charge is 0.396 e. The van der Waals surface area contributed by atoms with E-state index in [1.54, 1.807) is 0 Å². The van der Waals surface area contributed by atoms with E-state index in [0.717, 1.165) is 24.5 Å². The molecular weight excluding hydrogens is 248 g/mol. The van der Waals surface area contributed by atoms with Crippen molar-refractivity contribution in [2.75, 3.05) is 24.6 Å². The second kappa shape index (κ2) is 5.47. The lowest BCUT2D eigenvalue weighted by atomic mass is 9.94. The predicted molar refractivity (Wildman–Crippen MR) is 76.4 cm³/mol. The van der Waals surface area contributed by atoms with Crippen molar-refractivity contribution < 1.29 is 5.11 Å². The first-order valence-corrected chi connectivity index (χ1v) is 6.79. The minimum absolute atomic E-state index is 0.0336. The highest BCUT2D eigenvalue weighted by Gasteiger charge is 2.35. The summed E-state index contributed by atoms with van der Waals surface area (Å²) in [5.41, 5.74) is 1.20. The summed E-state index contributed by atoms with van der Waals surface area (Å²) in [5.74, 6) is 0. The molecule has 0 aromatic heterocycles. The average molecular weight is 269 g/mol. The molecule has 0 aliphatic carbocycles. The number of nitrogens with one attached hydrogen (secondary N) is 1. The molecule has 2 N–H and O–H groups in total. The Morgan fingerprint density at radius 2 is 2.06 bits per heavy atom. The zero-order valence-corrected chi connectivity index (χ0v) is 11.7. The Balaban J connectivity index is 2.30. The summed E-state index contributed by atoms with van der Waals surface area (Å²) in [4.78, 5) is 2.40. The van der Waals surface area contributed by atoms with Gasteiger partial charge in [-0.05, 0) is 44.5 Å². The van der Waals surface area contributed by atoms with E-state index in [0.29, 0.717) is 6.04 Å².